The first-order valence-electron chi connectivity index (χ1n) is 11.0. The van der Waals surface area contributed by atoms with E-state index in [9.17, 15) is 9.59 Å². The number of halogens is 1. The second-order valence-corrected chi connectivity index (χ2v) is 9.29. The van der Waals surface area contributed by atoms with Gasteiger partial charge in [0.05, 0.1) is 12.1 Å². The Morgan fingerprint density at radius 3 is 2.56 bits per heavy atom. The van der Waals surface area contributed by atoms with Crippen molar-refractivity contribution in [2.45, 2.75) is 26.9 Å². The minimum Gasteiger partial charge on any atom is -0.333 e. The number of hydrogen-bond donors (Lipinski definition) is 0. The van der Waals surface area contributed by atoms with Crippen molar-refractivity contribution in [2.24, 2.45) is 20.0 Å². The fourth-order valence-electron chi connectivity index (χ4n) is 4.30. The molecule has 0 saturated heterocycles. The highest BCUT2D eigenvalue weighted by atomic mass is 35.5. The van der Waals surface area contributed by atoms with Crippen LogP contribution in [0.4, 0.5) is 0 Å². The zero-order chi connectivity index (χ0) is 24.1. The van der Waals surface area contributed by atoms with E-state index in [1.54, 1.807) is 27.7 Å². The highest BCUT2D eigenvalue weighted by Crippen LogP contribution is 2.28. The number of nitrogens with zero attached hydrogens (tertiary/aromatic N) is 7. The molecule has 9 nitrogen and oxygen atoms in total. The molecule has 10 heteroatoms. The summed E-state index contributed by atoms with van der Waals surface area (Å²) in [6.45, 7) is 4.82. The van der Waals surface area contributed by atoms with Gasteiger partial charge in [-0.15, -0.1) is 0 Å². The smallest absolute Gasteiger partial charge is 0.332 e. The Bertz CT molecular complexity index is 1670. The Labute approximate surface area is 199 Å². The van der Waals surface area contributed by atoms with E-state index < -0.39 is 5.56 Å². The predicted octanol–water partition coefficient (Wildman–Crippen LogP) is 3.20. The summed E-state index contributed by atoms with van der Waals surface area (Å²) in [6.07, 6.45) is 5.23. The summed E-state index contributed by atoms with van der Waals surface area (Å²) in [5.41, 5.74) is 1.88. The van der Waals surface area contributed by atoms with E-state index >= 15 is 0 Å². The van der Waals surface area contributed by atoms with Gasteiger partial charge in [0.15, 0.2) is 11.5 Å². The number of fused-ring (bicyclic) bond motifs is 2. The van der Waals surface area contributed by atoms with Crippen LogP contribution in [0.25, 0.3) is 33.5 Å². The first-order chi connectivity index (χ1) is 16.3. The highest BCUT2D eigenvalue weighted by Gasteiger charge is 2.25. The fraction of sp³-hybridized carbons (Fsp3) is 0.292. The Morgan fingerprint density at radius 2 is 1.85 bits per heavy atom. The van der Waals surface area contributed by atoms with E-state index in [2.05, 4.69) is 9.97 Å². The van der Waals surface area contributed by atoms with Crippen molar-refractivity contribution in [3.05, 3.63) is 74.3 Å². The van der Waals surface area contributed by atoms with E-state index in [-0.39, 0.29) is 11.6 Å². The molecule has 34 heavy (non-hydrogen) atoms. The Kier molecular flexibility index (Phi) is 5.36. The number of benzene rings is 1. The molecular formula is C24H24ClN7O2. The maximum absolute atomic E-state index is 13.4. The van der Waals surface area contributed by atoms with Gasteiger partial charge in [-0.3, -0.25) is 23.6 Å². The normalized spacial score (nSPS) is 11.8. The molecule has 0 fully saturated rings. The third kappa shape index (κ3) is 3.52. The van der Waals surface area contributed by atoms with Gasteiger partial charge in [0.25, 0.3) is 5.56 Å². The zero-order valence-corrected chi connectivity index (χ0v) is 20.1. The molecule has 0 N–H and O–H groups in total. The lowest BCUT2D eigenvalue weighted by Crippen LogP contribution is -2.38. The number of pyridine rings is 1. The van der Waals surface area contributed by atoms with Gasteiger partial charge < -0.3 is 4.57 Å². The number of hydrogen-bond acceptors (Lipinski definition) is 5. The molecule has 0 aliphatic carbocycles. The molecule has 0 spiro atoms. The molecule has 0 unspecified atom stereocenters. The number of imidazole rings is 1. The van der Waals surface area contributed by atoms with Crippen LogP contribution in [-0.2, 0) is 27.2 Å². The van der Waals surface area contributed by atoms with Gasteiger partial charge in [-0.1, -0.05) is 25.4 Å². The third-order valence-electron chi connectivity index (χ3n) is 5.92. The van der Waals surface area contributed by atoms with Crippen LogP contribution in [-0.4, -0.2) is 33.4 Å². The second-order valence-electron chi connectivity index (χ2n) is 8.85. The van der Waals surface area contributed by atoms with Gasteiger partial charge in [-0.25, -0.2) is 9.78 Å². The highest BCUT2D eigenvalue weighted by molar-refractivity contribution is 6.31. The Balaban J connectivity index is 1.85. The van der Waals surface area contributed by atoms with Gasteiger partial charge in [-0.05, 0) is 35.7 Å². The summed E-state index contributed by atoms with van der Waals surface area (Å²) < 4.78 is 6.31. The molecule has 5 rings (SSSR count). The van der Waals surface area contributed by atoms with E-state index in [1.807, 2.05) is 49.9 Å². The van der Waals surface area contributed by atoms with Crippen LogP contribution in [0.3, 0.4) is 0 Å². The minimum atomic E-state index is -0.396. The average Bonchev–Trinajstić information content (AvgIpc) is 3.38. The molecule has 174 valence electrons. The lowest BCUT2D eigenvalue weighted by Gasteiger charge is -2.11. The first-order valence-corrected chi connectivity index (χ1v) is 11.3. The Morgan fingerprint density at radius 1 is 1.06 bits per heavy atom. The summed E-state index contributed by atoms with van der Waals surface area (Å²) in [6, 6.07) is 7.45. The fourth-order valence-corrected chi connectivity index (χ4v) is 4.47. The number of aryl methyl sites for hydroxylation is 1. The zero-order valence-electron chi connectivity index (χ0n) is 19.4. The molecule has 0 radical (unpaired) electrons. The predicted molar refractivity (Wildman–Crippen MR) is 132 cm³/mol. The van der Waals surface area contributed by atoms with Crippen molar-refractivity contribution >= 4 is 33.5 Å². The average molecular weight is 478 g/mol. The summed E-state index contributed by atoms with van der Waals surface area (Å²) in [5, 5.41) is 6.68. The molecule has 0 atom stereocenters. The van der Waals surface area contributed by atoms with Crippen LogP contribution >= 0.6 is 11.6 Å². The van der Waals surface area contributed by atoms with E-state index in [0.717, 1.165) is 21.0 Å². The SMILES string of the molecule is CC(C)Cn1c(=O)n(C)c(=O)c2c(-c3nccn3C)n(Cc3ccnc4ccc(Cl)cc34)nc21. The summed E-state index contributed by atoms with van der Waals surface area (Å²) in [4.78, 5) is 35.3. The molecular weight excluding hydrogens is 454 g/mol. The molecule has 0 amide bonds. The van der Waals surface area contributed by atoms with Crippen LogP contribution in [0, 0.1) is 5.92 Å². The largest absolute Gasteiger partial charge is 0.333 e. The number of aromatic nitrogens is 7. The van der Waals surface area contributed by atoms with Gasteiger partial charge in [0, 0.05) is 49.6 Å². The molecule has 0 aliphatic rings. The lowest BCUT2D eigenvalue weighted by molar-refractivity contribution is 0.498. The van der Waals surface area contributed by atoms with Gasteiger partial charge in [0.2, 0.25) is 0 Å². The molecule has 4 heterocycles. The molecule has 1 aromatic carbocycles. The Hall–Kier alpha value is -3.72. The summed E-state index contributed by atoms with van der Waals surface area (Å²) >= 11 is 6.27. The number of rotatable bonds is 5. The standard InChI is InChI=1S/C24H24ClN7O2/c1-14(2)12-31-21-19(23(33)30(4)24(31)34)20(22-27-9-10-29(22)3)32(28-21)13-15-7-8-26-18-6-5-16(25)11-17(15)18/h5-11,14H,12-13H2,1-4H3. The van der Waals surface area contributed by atoms with E-state index in [1.165, 1.54) is 7.05 Å². The lowest BCUT2D eigenvalue weighted by atomic mass is 10.1. The van der Waals surface area contributed by atoms with Crippen molar-refractivity contribution in [1.82, 2.24) is 33.4 Å². The van der Waals surface area contributed by atoms with Gasteiger partial charge >= 0.3 is 5.69 Å². The van der Waals surface area contributed by atoms with Crippen molar-refractivity contribution in [3.8, 4) is 11.5 Å². The maximum Gasteiger partial charge on any atom is 0.332 e. The van der Waals surface area contributed by atoms with Crippen LogP contribution in [0.5, 0.6) is 0 Å². The van der Waals surface area contributed by atoms with E-state index in [0.29, 0.717) is 40.7 Å². The van der Waals surface area contributed by atoms with Gasteiger partial charge in [-0.2, -0.15) is 5.10 Å². The topological polar surface area (TPSA) is 92.5 Å². The molecule has 0 aliphatic heterocycles. The molecule has 5 aromatic rings. The van der Waals surface area contributed by atoms with Crippen molar-refractivity contribution < 1.29 is 0 Å². The van der Waals surface area contributed by atoms with Crippen molar-refractivity contribution in [3.63, 3.8) is 0 Å². The van der Waals surface area contributed by atoms with Crippen LogP contribution in [0.15, 0.2) is 52.4 Å². The maximum atomic E-state index is 13.4. The van der Waals surface area contributed by atoms with Crippen LogP contribution < -0.4 is 11.2 Å². The van der Waals surface area contributed by atoms with Crippen molar-refractivity contribution in [1.29, 1.82) is 0 Å². The van der Waals surface area contributed by atoms with Crippen molar-refractivity contribution in [2.75, 3.05) is 0 Å². The monoisotopic (exact) mass is 477 g/mol. The third-order valence-corrected chi connectivity index (χ3v) is 6.16. The molecule has 0 saturated carbocycles. The quantitative estimate of drug-likeness (QED) is 0.387. The second kappa shape index (κ2) is 8.25. The van der Waals surface area contributed by atoms with Crippen LogP contribution in [0.1, 0.15) is 19.4 Å². The van der Waals surface area contributed by atoms with Gasteiger partial charge in [0.1, 0.15) is 11.1 Å². The molecule has 4 aromatic heterocycles. The first kappa shape index (κ1) is 22.1. The molecule has 0 bridgehead atoms. The summed E-state index contributed by atoms with van der Waals surface area (Å²) in [5.74, 6) is 0.775. The summed E-state index contributed by atoms with van der Waals surface area (Å²) in [7, 11) is 3.36. The van der Waals surface area contributed by atoms with E-state index in [4.69, 9.17) is 16.7 Å². The van der Waals surface area contributed by atoms with Crippen LogP contribution in [0.2, 0.25) is 5.02 Å². The minimum absolute atomic E-state index is 0.187.